The smallest absolute Gasteiger partial charge is 0.226 e. The second kappa shape index (κ2) is 9.15. The zero-order valence-electron chi connectivity index (χ0n) is 11.6. The fourth-order valence-corrected chi connectivity index (χ4v) is 2.42. The van der Waals surface area contributed by atoms with Gasteiger partial charge >= 0.3 is 0 Å². The van der Waals surface area contributed by atoms with E-state index in [-0.39, 0.29) is 36.6 Å². The Morgan fingerprint density at radius 1 is 1.50 bits per heavy atom. The molecule has 1 aromatic rings. The van der Waals surface area contributed by atoms with E-state index in [4.69, 9.17) is 5.73 Å². The number of likely N-dealkylation sites (tertiary alicyclic amines) is 1. The molecule has 2 N–H and O–H groups in total. The number of halogens is 2. The van der Waals surface area contributed by atoms with Crippen molar-refractivity contribution in [2.75, 3.05) is 19.6 Å². The van der Waals surface area contributed by atoms with Crippen LogP contribution >= 0.6 is 24.8 Å². The van der Waals surface area contributed by atoms with Crippen molar-refractivity contribution < 1.29 is 4.79 Å². The molecule has 2 heterocycles. The van der Waals surface area contributed by atoms with Crippen molar-refractivity contribution >= 4 is 30.7 Å². The van der Waals surface area contributed by atoms with E-state index in [9.17, 15) is 4.79 Å². The van der Waals surface area contributed by atoms with Crippen LogP contribution in [0.5, 0.6) is 0 Å². The number of hydrogen-bond acceptors (Lipinski definition) is 4. The van der Waals surface area contributed by atoms with Gasteiger partial charge in [0.05, 0.1) is 0 Å². The van der Waals surface area contributed by atoms with E-state index >= 15 is 0 Å². The van der Waals surface area contributed by atoms with Gasteiger partial charge < -0.3 is 10.6 Å². The largest absolute Gasteiger partial charge is 0.342 e. The van der Waals surface area contributed by atoms with Gasteiger partial charge in [0.2, 0.25) is 5.91 Å². The summed E-state index contributed by atoms with van der Waals surface area (Å²) in [6.45, 7) is 4.81. The van der Waals surface area contributed by atoms with Crippen LogP contribution in [-0.4, -0.2) is 45.2 Å². The number of aromatic nitrogens is 3. The average molecular weight is 324 g/mol. The normalized spacial score (nSPS) is 19.7. The number of nitrogens with two attached hydrogens (primary N) is 1. The maximum atomic E-state index is 12.1. The van der Waals surface area contributed by atoms with Gasteiger partial charge in [-0.3, -0.25) is 9.48 Å². The first-order valence-corrected chi connectivity index (χ1v) is 6.52. The van der Waals surface area contributed by atoms with Crippen molar-refractivity contribution in [2.24, 2.45) is 17.6 Å². The molecule has 2 unspecified atom stereocenters. The summed E-state index contributed by atoms with van der Waals surface area (Å²) in [5.41, 5.74) is 5.55. The van der Waals surface area contributed by atoms with Gasteiger partial charge in [-0.1, -0.05) is 6.92 Å². The molecule has 1 fully saturated rings. The lowest BCUT2D eigenvalue weighted by atomic mass is 9.97. The molecule has 2 atom stereocenters. The molecule has 1 aliphatic rings. The molecule has 1 aliphatic heterocycles. The number of rotatable bonds is 4. The fraction of sp³-hybridized carbons (Fsp3) is 0.750. The first-order valence-electron chi connectivity index (χ1n) is 6.52. The SMILES string of the molecule is CC(CN)C(=O)N1CCCC(Cn2cncn2)C1.Cl.Cl. The van der Waals surface area contributed by atoms with Crippen LogP contribution in [0.2, 0.25) is 0 Å². The van der Waals surface area contributed by atoms with Gasteiger partial charge in [-0.05, 0) is 18.8 Å². The van der Waals surface area contributed by atoms with Crippen LogP contribution < -0.4 is 5.73 Å². The summed E-state index contributed by atoms with van der Waals surface area (Å²) in [6, 6.07) is 0. The number of nitrogens with zero attached hydrogens (tertiary/aromatic N) is 4. The molecule has 1 saturated heterocycles. The van der Waals surface area contributed by atoms with E-state index in [1.54, 1.807) is 12.7 Å². The molecule has 0 radical (unpaired) electrons. The number of carbonyl (C=O) groups excluding carboxylic acids is 1. The Morgan fingerprint density at radius 2 is 2.25 bits per heavy atom. The number of hydrogen-bond donors (Lipinski definition) is 1. The van der Waals surface area contributed by atoms with Crippen LogP contribution in [0.1, 0.15) is 19.8 Å². The highest BCUT2D eigenvalue weighted by atomic mass is 35.5. The van der Waals surface area contributed by atoms with E-state index in [1.807, 2.05) is 16.5 Å². The zero-order chi connectivity index (χ0) is 13.0. The van der Waals surface area contributed by atoms with Crippen LogP contribution in [0.15, 0.2) is 12.7 Å². The molecular formula is C12H23Cl2N5O. The van der Waals surface area contributed by atoms with Gasteiger partial charge in [0.15, 0.2) is 0 Å². The highest BCUT2D eigenvalue weighted by Gasteiger charge is 2.26. The van der Waals surface area contributed by atoms with Gasteiger partial charge in [-0.15, -0.1) is 24.8 Å². The van der Waals surface area contributed by atoms with Gasteiger partial charge in [0, 0.05) is 32.1 Å². The third-order valence-electron chi connectivity index (χ3n) is 3.52. The quantitative estimate of drug-likeness (QED) is 0.895. The monoisotopic (exact) mass is 323 g/mol. The lowest BCUT2D eigenvalue weighted by molar-refractivity contribution is -0.136. The van der Waals surface area contributed by atoms with Gasteiger partial charge in [0.25, 0.3) is 0 Å². The maximum absolute atomic E-state index is 12.1. The standard InChI is InChI=1S/C12H21N5O.2ClH/c1-10(5-13)12(18)16-4-2-3-11(6-16)7-17-9-14-8-15-17;;/h8-11H,2-7,13H2,1H3;2*1H. The number of carbonyl (C=O) groups is 1. The van der Waals surface area contributed by atoms with Crippen LogP contribution in [0.25, 0.3) is 0 Å². The zero-order valence-corrected chi connectivity index (χ0v) is 13.3. The van der Waals surface area contributed by atoms with Crippen molar-refractivity contribution in [1.82, 2.24) is 19.7 Å². The second-order valence-corrected chi connectivity index (χ2v) is 5.05. The molecular weight excluding hydrogens is 301 g/mol. The second-order valence-electron chi connectivity index (χ2n) is 5.05. The lowest BCUT2D eigenvalue weighted by Crippen LogP contribution is -2.44. The van der Waals surface area contributed by atoms with Crippen LogP contribution in [0.3, 0.4) is 0 Å². The Balaban J connectivity index is 0.00000180. The van der Waals surface area contributed by atoms with Gasteiger partial charge in [-0.25, -0.2) is 4.98 Å². The Labute approximate surface area is 131 Å². The summed E-state index contributed by atoms with van der Waals surface area (Å²) < 4.78 is 1.84. The van der Waals surface area contributed by atoms with Crippen LogP contribution in [-0.2, 0) is 11.3 Å². The summed E-state index contributed by atoms with van der Waals surface area (Å²) in [5, 5.41) is 4.11. The predicted octanol–water partition coefficient (Wildman–Crippen LogP) is 0.955. The summed E-state index contributed by atoms with van der Waals surface area (Å²) in [5.74, 6) is 0.574. The minimum absolute atomic E-state index is 0. The third kappa shape index (κ3) is 4.92. The first-order chi connectivity index (χ1) is 8.70. The van der Waals surface area contributed by atoms with Gasteiger partial charge in [0.1, 0.15) is 12.7 Å². The molecule has 0 bridgehead atoms. The topological polar surface area (TPSA) is 77.0 Å². The average Bonchev–Trinajstić information content (AvgIpc) is 2.90. The first kappa shape index (κ1) is 19.1. The molecule has 1 aromatic heterocycles. The van der Waals surface area contributed by atoms with Crippen molar-refractivity contribution in [3.05, 3.63) is 12.7 Å². The molecule has 0 aromatic carbocycles. The molecule has 116 valence electrons. The predicted molar refractivity (Wildman–Crippen MR) is 82.0 cm³/mol. The number of piperidine rings is 1. The van der Waals surface area contributed by atoms with Crippen molar-refractivity contribution in [2.45, 2.75) is 26.3 Å². The molecule has 8 heteroatoms. The molecule has 1 amide bonds. The van der Waals surface area contributed by atoms with E-state index in [2.05, 4.69) is 10.1 Å². The Morgan fingerprint density at radius 3 is 2.85 bits per heavy atom. The highest BCUT2D eigenvalue weighted by Crippen LogP contribution is 2.19. The van der Waals surface area contributed by atoms with E-state index in [1.165, 1.54) is 0 Å². The third-order valence-corrected chi connectivity index (χ3v) is 3.52. The lowest BCUT2D eigenvalue weighted by Gasteiger charge is -2.34. The van der Waals surface area contributed by atoms with E-state index < -0.39 is 0 Å². The fourth-order valence-electron chi connectivity index (χ4n) is 2.42. The van der Waals surface area contributed by atoms with Crippen LogP contribution in [0, 0.1) is 11.8 Å². The summed E-state index contributed by atoms with van der Waals surface area (Å²) in [7, 11) is 0. The summed E-state index contributed by atoms with van der Waals surface area (Å²) >= 11 is 0. The summed E-state index contributed by atoms with van der Waals surface area (Å²) in [4.78, 5) is 18.0. The Kier molecular flexibility index (Phi) is 8.76. The Hall–Kier alpha value is -0.850. The highest BCUT2D eigenvalue weighted by molar-refractivity contribution is 5.85. The minimum Gasteiger partial charge on any atom is -0.342 e. The van der Waals surface area contributed by atoms with Crippen molar-refractivity contribution in [3.63, 3.8) is 0 Å². The molecule has 0 aliphatic carbocycles. The van der Waals surface area contributed by atoms with E-state index in [0.29, 0.717) is 12.5 Å². The van der Waals surface area contributed by atoms with Gasteiger partial charge in [-0.2, -0.15) is 5.10 Å². The Bertz CT molecular complexity index is 387. The summed E-state index contributed by atoms with van der Waals surface area (Å²) in [6.07, 6.45) is 5.47. The molecule has 0 spiro atoms. The van der Waals surface area contributed by atoms with Crippen molar-refractivity contribution in [1.29, 1.82) is 0 Å². The maximum Gasteiger partial charge on any atom is 0.226 e. The molecule has 2 rings (SSSR count). The minimum atomic E-state index is -0.0740. The van der Waals surface area contributed by atoms with E-state index in [0.717, 1.165) is 32.5 Å². The molecule has 20 heavy (non-hydrogen) atoms. The van der Waals surface area contributed by atoms with Crippen molar-refractivity contribution in [3.8, 4) is 0 Å². The molecule has 6 nitrogen and oxygen atoms in total. The van der Waals surface area contributed by atoms with Crippen LogP contribution in [0.4, 0.5) is 0 Å². The number of amides is 1. The molecule has 0 saturated carbocycles.